The molecule has 0 bridgehead atoms. The first-order valence-electron chi connectivity index (χ1n) is 10.00. The lowest BCUT2D eigenvalue weighted by Crippen LogP contribution is -2.14. The molecule has 3 aromatic carbocycles. The molecule has 0 fully saturated rings. The fourth-order valence-corrected chi connectivity index (χ4v) is 4.13. The van der Waals surface area contributed by atoms with Crippen LogP contribution in [0.3, 0.4) is 0 Å². The predicted molar refractivity (Wildman–Crippen MR) is 133 cm³/mol. The molecule has 0 unspecified atom stereocenters. The first-order valence-corrected chi connectivity index (χ1v) is 11.8. The number of anilines is 1. The number of hydrogen-bond donors (Lipinski definition) is 1. The molecule has 0 saturated heterocycles. The molecule has 9 heteroatoms. The van der Waals surface area contributed by atoms with Crippen molar-refractivity contribution in [2.75, 3.05) is 25.3 Å². The number of ether oxygens (including phenoxy) is 2. The van der Waals surface area contributed by atoms with Gasteiger partial charge in [0.15, 0.2) is 11.0 Å². The van der Waals surface area contributed by atoms with E-state index in [0.29, 0.717) is 16.7 Å². The van der Waals surface area contributed by atoms with Gasteiger partial charge in [-0.3, -0.25) is 9.36 Å². The van der Waals surface area contributed by atoms with E-state index in [-0.39, 0.29) is 11.7 Å². The number of hydrogen-bond acceptors (Lipinski definition) is 6. The van der Waals surface area contributed by atoms with Crippen LogP contribution in [0.4, 0.5) is 5.69 Å². The van der Waals surface area contributed by atoms with Crippen molar-refractivity contribution in [3.05, 3.63) is 77.3 Å². The highest BCUT2D eigenvalue weighted by Crippen LogP contribution is 2.29. The Morgan fingerprint density at radius 3 is 2.12 bits per heavy atom. The van der Waals surface area contributed by atoms with E-state index in [1.54, 1.807) is 38.5 Å². The molecule has 0 aliphatic heterocycles. The van der Waals surface area contributed by atoms with Gasteiger partial charge in [0.25, 0.3) is 0 Å². The quantitative estimate of drug-likeness (QED) is 0.309. The van der Waals surface area contributed by atoms with Gasteiger partial charge in [0.05, 0.1) is 20.0 Å². The highest BCUT2D eigenvalue weighted by atomic mass is 79.9. The number of nitrogens with zero attached hydrogens (tertiary/aromatic N) is 3. The highest BCUT2D eigenvalue weighted by Gasteiger charge is 2.17. The molecular weight excluding hydrogens is 504 g/mol. The summed E-state index contributed by atoms with van der Waals surface area (Å²) in [5.74, 6) is 2.21. The maximum atomic E-state index is 12.5. The first kappa shape index (κ1) is 22.9. The van der Waals surface area contributed by atoms with Crippen LogP contribution >= 0.6 is 27.7 Å². The fourth-order valence-electron chi connectivity index (χ4n) is 3.11. The Hall–Kier alpha value is -3.30. The molecule has 1 amide bonds. The Labute approximate surface area is 204 Å². The molecular formula is C24H21BrN4O3S. The minimum Gasteiger partial charge on any atom is -0.497 e. The standard InChI is InChI=1S/C24H21BrN4O3S/c1-31-20-11-7-18(8-12-20)26-22(30)15-33-24-28-27-23(16-3-5-17(25)6-4-16)29(24)19-9-13-21(32-2)14-10-19/h3-14H,15H2,1-2H3,(H,26,30). The van der Waals surface area contributed by atoms with Gasteiger partial charge in [-0.15, -0.1) is 10.2 Å². The summed E-state index contributed by atoms with van der Waals surface area (Å²) in [7, 11) is 3.23. The molecule has 0 aliphatic rings. The second-order valence-corrected chi connectivity index (χ2v) is 8.77. The van der Waals surface area contributed by atoms with Crippen molar-refractivity contribution < 1.29 is 14.3 Å². The smallest absolute Gasteiger partial charge is 0.234 e. The number of amides is 1. The van der Waals surface area contributed by atoms with Crippen molar-refractivity contribution >= 4 is 39.3 Å². The third-order valence-corrected chi connectivity index (χ3v) is 6.23. The number of methoxy groups -OCH3 is 2. The number of carbonyl (C=O) groups excluding carboxylic acids is 1. The van der Waals surface area contributed by atoms with E-state index in [0.717, 1.165) is 27.2 Å². The van der Waals surface area contributed by atoms with Gasteiger partial charge in [-0.25, -0.2) is 0 Å². The fraction of sp³-hybridized carbons (Fsp3) is 0.125. The Balaban J connectivity index is 1.57. The number of benzene rings is 3. The Bertz CT molecular complexity index is 1230. The van der Waals surface area contributed by atoms with E-state index in [1.165, 1.54) is 11.8 Å². The van der Waals surface area contributed by atoms with Gasteiger partial charge >= 0.3 is 0 Å². The van der Waals surface area contributed by atoms with Crippen LogP contribution in [0.15, 0.2) is 82.4 Å². The molecule has 4 aromatic rings. The minimum atomic E-state index is -0.139. The topological polar surface area (TPSA) is 78.3 Å². The summed E-state index contributed by atoms with van der Waals surface area (Å²) in [5.41, 5.74) is 2.49. The van der Waals surface area contributed by atoms with E-state index >= 15 is 0 Å². The number of thioether (sulfide) groups is 1. The number of carbonyl (C=O) groups is 1. The zero-order valence-electron chi connectivity index (χ0n) is 18.0. The van der Waals surface area contributed by atoms with Crippen LogP contribution in [0, 0.1) is 0 Å². The molecule has 0 atom stereocenters. The lowest BCUT2D eigenvalue weighted by Gasteiger charge is -2.11. The van der Waals surface area contributed by atoms with Crippen LogP contribution in [0.5, 0.6) is 11.5 Å². The maximum absolute atomic E-state index is 12.5. The molecule has 0 saturated carbocycles. The first-order chi connectivity index (χ1) is 16.1. The molecule has 0 aliphatic carbocycles. The SMILES string of the molecule is COc1ccc(NC(=O)CSc2nnc(-c3ccc(Br)cc3)n2-c2ccc(OC)cc2)cc1. The third-order valence-electron chi connectivity index (χ3n) is 4.77. The van der Waals surface area contributed by atoms with Gasteiger partial charge in [-0.05, 0) is 60.7 Å². The third kappa shape index (κ3) is 5.55. The summed E-state index contributed by atoms with van der Waals surface area (Å²) >= 11 is 4.78. The van der Waals surface area contributed by atoms with Crippen LogP contribution in [0.25, 0.3) is 17.1 Å². The highest BCUT2D eigenvalue weighted by molar-refractivity contribution is 9.10. The van der Waals surface area contributed by atoms with Crippen LogP contribution in [-0.4, -0.2) is 40.6 Å². The molecule has 0 spiro atoms. The van der Waals surface area contributed by atoms with Crippen LogP contribution in [0.1, 0.15) is 0 Å². The van der Waals surface area contributed by atoms with Gasteiger partial charge in [0.2, 0.25) is 5.91 Å². The number of halogens is 1. The van der Waals surface area contributed by atoms with Crippen LogP contribution < -0.4 is 14.8 Å². The Morgan fingerprint density at radius 1 is 0.909 bits per heavy atom. The second kappa shape index (κ2) is 10.5. The van der Waals surface area contributed by atoms with E-state index in [2.05, 4.69) is 31.4 Å². The molecule has 0 radical (unpaired) electrons. The number of aromatic nitrogens is 3. The largest absolute Gasteiger partial charge is 0.497 e. The van der Waals surface area contributed by atoms with Gasteiger partial charge in [0, 0.05) is 21.4 Å². The molecule has 33 heavy (non-hydrogen) atoms. The zero-order valence-corrected chi connectivity index (χ0v) is 20.4. The lowest BCUT2D eigenvalue weighted by molar-refractivity contribution is -0.113. The lowest BCUT2D eigenvalue weighted by atomic mass is 10.2. The van der Waals surface area contributed by atoms with Crippen LogP contribution in [-0.2, 0) is 4.79 Å². The van der Waals surface area contributed by atoms with Gasteiger partial charge < -0.3 is 14.8 Å². The Kier molecular flexibility index (Phi) is 7.31. The Morgan fingerprint density at radius 2 is 1.52 bits per heavy atom. The minimum absolute atomic E-state index is 0.139. The monoisotopic (exact) mass is 524 g/mol. The van der Waals surface area contributed by atoms with E-state index in [9.17, 15) is 4.79 Å². The van der Waals surface area contributed by atoms with Gasteiger partial charge in [-0.1, -0.05) is 39.8 Å². The number of rotatable bonds is 8. The molecule has 1 aromatic heterocycles. The van der Waals surface area contributed by atoms with E-state index in [1.807, 2.05) is 53.1 Å². The predicted octanol–water partition coefficient (Wildman–Crippen LogP) is 5.44. The zero-order chi connectivity index (χ0) is 23.2. The summed E-state index contributed by atoms with van der Waals surface area (Å²) in [6, 6.07) is 22.7. The average molecular weight is 525 g/mol. The second-order valence-electron chi connectivity index (χ2n) is 6.91. The average Bonchev–Trinajstić information content (AvgIpc) is 3.27. The van der Waals surface area contributed by atoms with E-state index < -0.39 is 0 Å². The molecule has 4 rings (SSSR count). The van der Waals surface area contributed by atoms with Crippen molar-refractivity contribution in [1.29, 1.82) is 0 Å². The molecule has 1 heterocycles. The van der Waals surface area contributed by atoms with Crippen molar-refractivity contribution in [3.63, 3.8) is 0 Å². The molecule has 1 N–H and O–H groups in total. The normalized spacial score (nSPS) is 10.6. The molecule has 168 valence electrons. The maximum Gasteiger partial charge on any atom is 0.234 e. The van der Waals surface area contributed by atoms with Gasteiger partial charge in [-0.2, -0.15) is 0 Å². The van der Waals surface area contributed by atoms with Crippen molar-refractivity contribution in [2.24, 2.45) is 0 Å². The summed E-state index contributed by atoms with van der Waals surface area (Å²) in [6.45, 7) is 0. The summed E-state index contributed by atoms with van der Waals surface area (Å²) in [5, 5.41) is 12.3. The van der Waals surface area contributed by atoms with Gasteiger partial charge in [0.1, 0.15) is 11.5 Å². The summed E-state index contributed by atoms with van der Waals surface area (Å²) in [6.07, 6.45) is 0. The van der Waals surface area contributed by atoms with Crippen molar-refractivity contribution in [1.82, 2.24) is 14.8 Å². The molecule has 7 nitrogen and oxygen atoms in total. The van der Waals surface area contributed by atoms with Crippen molar-refractivity contribution in [3.8, 4) is 28.6 Å². The van der Waals surface area contributed by atoms with Crippen LogP contribution in [0.2, 0.25) is 0 Å². The van der Waals surface area contributed by atoms with Crippen molar-refractivity contribution in [2.45, 2.75) is 5.16 Å². The summed E-state index contributed by atoms with van der Waals surface area (Å²) < 4.78 is 13.3. The van der Waals surface area contributed by atoms with E-state index in [4.69, 9.17) is 9.47 Å². The number of nitrogens with one attached hydrogen (secondary N) is 1. The summed E-state index contributed by atoms with van der Waals surface area (Å²) in [4.78, 5) is 12.5.